The molecular formula is C16H32N2O2. The zero-order chi connectivity index (χ0) is 15.0. The van der Waals surface area contributed by atoms with Gasteiger partial charge in [0.05, 0.1) is 6.54 Å². The van der Waals surface area contributed by atoms with E-state index in [9.17, 15) is 9.90 Å². The number of nitrogens with one attached hydrogen (secondary N) is 1. The molecule has 0 saturated carbocycles. The van der Waals surface area contributed by atoms with Gasteiger partial charge in [-0.25, -0.2) is 0 Å². The molecule has 1 amide bonds. The minimum Gasteiger partial charge on any atom is -0.396 e. The second-order valence-corrected chi connectivity index (χ2v) is 6.72. The maximum absolute atomic E-state index is 12.0. The summed E-state index contributed by atoms with van der Waals surface area (Å²) in [5, 5.41) is 12.3. The summed E-state index contributed by atoms with van der Waals surface area (Å²) in [7, 11) is 0. The van der Waals surface area contributed by atoms with Crippen LogP contribution in [0.3, 0.4) is 0 Å². The Balaban J connectivity index is 2.18. The Labute approximate surface area is 123 Å². The largest absolute Gasteiger partial charge is 0.396 e. The summed E-state index contributed by atoms with van der Waals surface area (Å²) in [5.74, 6) is 1.21. The van der Waals surface area contributed by atoms with Gasteiger partial charge in [-0.2, -0.15) is 0 Å². The minimum atomic E-state index is 0.126. The lowest BCUT2D eigenvalue weighted by atomic mass is 9.99. The van der Waals surface area contributed by atoms with Crippen LogP contribution in [0.25, 0.3) is 0 Å². The Bertz CT molecular complexity index is 282. The highest BCUT2D eigenvalue weighted by Gasteiger charge is 2.21. The van der Waals surface area contributed by atoms with Crippen molar-refractivity contribution in [3.63, 3.8) is 0 Å². The Morgan fingerprint density at radius 2 is 2.10 bits per heavy atom. The third-order valence-corrected chi connectivity index (χ3v) is 4.05. The molecule has 1 fully saturated rings. The Kier molecular flexibility index (Phi) is 8.15. The Morgan fingerprint density at radius 1 is 1.35 bits per heavy atom. The molecule has 2 N–H and O–H groups in total. The van der Waals surface area contributed by atoms with Crippen LogP contribution in [0.1, 0.15) is 52.9 Å². The molecule has 1 rings (SSSR count). The summed E-state index contributed by atoms with van der Waals surface area (Å²) in [5.41, 5.74) is 0. The van der Waals surface area contributed by atoms with E-state index in [4.69, 9.17) is 0 Å². The first-order chi connectivity index (χ1) is 9.51. The van der Waals surface area contributed by atoms with E-state index in [0.29, 0.717) is 12.5 Å². The van der Waals surface area contributed by atoms with Crippen molar-refractivity contribution in [2.45, 2.75) is 58.9 Å². The number of aliphatic hydroxyl groups excluding tert-OH is 1. The molecule has 0 spiro atoms. The fourth-order valence-electron chi connectivity index (χ4n) is 2.87. The summed E-state index contributed by atoms with van der Waals surface area (Å²) in [4.78, 5) is 14.2. The second kappa shape index (κ2) is 9.35. The van der Waals surface area contributed by atoms with Gasteiger partial charge in [0.1, 0.15) is 0 Å². The zero-order valence-electron chi connectivity index (χ0n) is 13.4. The average Bonchev–Trinajstić information content (AvgIpc) is 2.38. The lowest BCUT2D eigenvalue weighted by Crippen LogP contribution is -2.45. The zero-order valence-corrected chi connectivity index (χ0v) is 13.4. The molecule has 2 atom stereocenters. The first-order valence-corrected chi connectivity index (χ1v) is 8.13. The topological polar surface area (TPSA) is 52.6 Å². The lowest BCUT2D eigenvalue weighted by Gasteiger charge is -2.31. The highest BCUT2D eigenvalue weighted by Crippen LogP contribution is 2.15. The molecule has 4 heteroatoms. The summed E-state index contributed by atoms with van der Waals surface area (Å²) in [6.07, 6.45) is 5.63. The molecular weight excluding hydrogens is 252 g/mol. The van der Waals surface area contributed by atoms with Gasteiger partial charge in [-0.1, -0.05) is 26.7 Å². The maximum Gasteiger partial charge on any atom is 0.234 e. The predicted molar refractivity (Wildman–Crippen MR) is 82.5 cm³/mol. The monoisotopic (exact) mass is 284 g/mol. The van der Waals surface area contributed by atoms with Gasteiger partial charge in [0.25, 0.3) is 0 Å². The first-order valence-electron chi connectivity index (χ1n) is 8.13. The van der Waals surface area contributed by atoms with E-state index in [0.717, 1.165) is 38.3 Å². The number of carbonyl (C=O) groups is 1. The van der Waals surface area contributed by atoms with Crippen LogP contribution >= 0.6 is 0 Å². The number of hydrogen-bond donors (Lipinski definition) is 2. The number of likely N-dealkylation sites (tertiary alicyclic amines) is 1. The molecule has 1 aliphatic rings. The molecule has 2 unspecified atom stereocenters. The quantitative estimate of drug-likeness (QED) is 0.717. The Hall–Kier alpha value is -0.610. The second-order valence-electron chi connectivity index (χ2n) is 6.72. The van der Waals surface area contributed by atoms with Crippen molar-refractivity contribution in [3.05, 3.63) is 0 Å². The first kappa shape index (κ1) is 17.4. The van der Waals surface area contributed by atoms with E-state index in [2.05, 4.69) is 31.0 Å². The van der Waals surface area contributed by atoms with E-state index in [1.54, 1.807) is 0 Å². The van der Waals surface area contributed by atoms with Crippen LogP contribution in [0.15, 0.2) is 0 Å². The van der Waals surface area contributed by atoms with Crippen molar-refractivity contribution in [2.24, 2.45) is 11.8 Å². The summed E-state index contributed by atoms with van der Waals surface area (Å²) < 4.78 is 0. The van der Waals surface area contributed by atoms with Gasteiger partial charge in [0.15, 0.2) is 0 Å². The molecule has 1 heterocycles. The van der Waals surface area contributed by atoms with Crippen LogP contribution in [0.4, 0.5) is 0 Å². The number of nitrogens with zero attached hydrogens (tertiary/aromatic N) is 1. The molecule has 0 bridgehead atoms. The summed E-state index contributed by atoms with van der Waals surface area (Å²) in [6.45, 7) is 9.10. The maximum atomic E-state index is 12.0. The standard InChI is InChI=1S/C16H32N2O2/c1-13(2)6-4-7-14(3)17-16(20)11-18-9-5-8-15(10-18)12-19/h13-15,19H,4-12H2,1-3H3,(H,17,20). The predicted octanol–water partition coefficient (Wildman–Crippen LogP) is 2.02. The fraction of sp³-hybridized carbons (Fsp3) is 0.938. The van der Waals surface area contributed by atoms with Crippen LogP contribution in [-0.4, -0.2) is 48.2 Å². The van der Waals surface area contributed by atoms with Gasteiger partial charge in [-0.3, -0.25) is 9.69 Å². The average molecular weight is 284 g/mol. The minimum absolute atomic E-state index is 0.126. The molecule has 0 aromatic carbocycles. The van der Waals surface area contributed by atoms with Crippen LogP contribution in [0.2, 0.25) is 0 Å². The molecule has 0 aromatic heterocycles. The lowest BCUT2D eigenvalue weighted by molar-refractivity contribution is -0.123. The van der Waals surface area contributed by atoms with Gasteiger partial charge in [0.2, 0.25) is 5.91 Å². The molecule has 1 saturated heterocycles. The van der Waals surface area contributed by atoms with Crippen molar-refractivity contribution in [3.8, 4) is 0 Å². The molecule has 1 aliphatic heterocycles. The summed E-state index contributed by atoms with van der Waals surface area (Å²) in [6, 6.07) is 0.264. The van der Waals surface area contributed by atoms with Crippen molar-refractivity contribution < 1.29 is 9.90 Å². The van der Waals surface area contributed by atoms with E-state index < -0.39 is 0 Å². The van der Waals surface area contributed by atoms with E-state index in [1.807, 2.05) is 0 Å². The number of rotatable bonds is 8. The van der Waals surface area contributed by atoms with Crippen molar-refractivity contribution in [2.75, 3.05) is 26.2 Å². The van der Waals surface area contributed by atoms with Gasteiger partial charge in [-0.05, 0) is 44.6 Å². The van der Waals surface area contributed by atoms with Crippen molar-refractivity contribution in [1.29, 1.82) is 0 Å². The molecule has 20 heavy (non-hydrogen) atoms. The number of piperidine rings is 1. The molecule has 118 valence electrons. The third kappa shape index (κ3) is 7.25. The van der Waals surface area contributed by atoms with Gasteiger partial charge in [-0.15, -0.1) is 0 Å². The van der Waals surface area contributed by atoms with Crippen molar-refractivity contribution in [1.82, 2.24) is 10.2 Å². The number of hydrogen-bond acceptors (Lipinski definition) is 3. The SMILES string of the molecule is CC(C)CCCC(C)NC(=O)CN1CCCC(CO)C1. The fourth-order valence-corrected chi connectivity index (χ4v) is 2.87. The van der Waals surface area contributed by atoms with Gasteiger partial charge in [0, 0.05) is 19.2 Å². The third-order valence-electron chi connectivity index (χ3n) is 4.05. The normalized spacial score (nSPS) is 21.9. The highest BCUT2D eigenvalue weighted by atomic mass is 16.3. The van der Waals surface area contributed by atoms with Crippen LogP contribution in [0.5, 0.6) is 0 Å². The Morgan fingerprint density at radius 3 is 2.75 bits per heavy atom. The van der Waals surface area contributed by atoms with Crippen LogP contribution in [0, 0.1) is 11.8 Å². The number of aliphatic hydroxyl groups is 1. The highest BCUT2D eigenvalue weighted by molar-refractivity contribution is 5.78. The van der Waals surface area contributed by atoms with Crippen LogP contribution in [-0.2, 0) is 4.79 Å². The molecule has 0 aromatic rings. The van der Waals surface area contributed by atoms with E-state index in [-0.39, 0.29) is 18.6 Å². The summed E-state index contributed by atoms with van der Waals surface area (Å²) >= 11 is 0. The van der Waals surface area contributed by atoms with Gasteiger partial charge < -0.3 is 10.4 Å². The molecule has 0 radical (unpaired) electrons. The number of carbonyl (C=O) groups excluding carboxylic acids is 1. The van der Waals surface area contributed by atoms with Crippen molar-refractivity contribution >= 4 is 5.91 Å². The molecule has 4 nitrogen and oxygen atoms in total. The van der Waals surface area contributed by atoms with E-state index in [1.165, 1.54) is 12.8 Å². The number of amides is 1. The smallest absolute Gasteiger partial charge is 0.234 e. The van der Waals surface area contributed by atoms with E-state index >= 15 is 0 Å². The molecule has 0 aliphatic carbocycles. The van der Waals surface area contributed by atoms with Gasteiger partial charge >= 0.3 is 0 Å². The van der Waals surface area contributed by atoms with Crippen LogP contribution < -0.4 is 5.32 Å².